The normalized spacial score (nSPS) is 9.83. The van der Waals surface area contributed by atoms with Gasteiger partial charge in [0, 0.05) is 4.47 Å². The third-order valence-corrected chi connectivity index (χ3v) is 3.09. The van der Waals surface area contributed by atoms with E-state index in [0.717, 1.165) is 21.3 Å². The van der Waals surface area contributed by atoms with Crippen molar-refractivity contribution in [1.29, 1.82) is 5.26 Å². The molecule has 90 valence electrons. The molecular weight excluding hydrogens is 290 g/mol. The highest BCUT2D eigenvalue weighted by molar-refractivity contribution is 9.10. The van der Waals surface area contributed by atoms with Crippen LogP contribution in [0.1, 0.15) is 16.7 Å². The Morgan fingerprint density at radius 3 is 2.83 bits per heavy atom. The van der Waals surface area contributed by atoms with Crippen molar-refractivity contribution >= 4 is 15.9 Å². The highest BCUT2D eigenvalue weighted by Gasteiger charge is 2.02. The number of hydrogen-bond acceptors (Lipinski definition) is 2. The van der Waals surface area contributed by atoms with E-state index in [1.807, 2.05) is 43.3 Å². The zero-order valence-corrected chi connectivity index (χ0v) is 11.6. The average Bonchev–Trinajstić information content (AvgIpc) is 2.40. The molecule has 0 atom stereocenters. The molecule has 0 unspecified atom stereocenters. The second kappa shape index (κ2) is 5.70. The van der Waals surface area contributed by atoms with Gasteiger partial charge in [0.2, 0.25) is 0 Å². The van der Waals surface area contributed by atoms with Crippen LogP contribution in [0.4, 0.5) is 0 Å². The lowest BCUT2D eigenvalue weighted by Gasteiger charge is -2.09. The Kier molecular flexibility index (Phi) is 4.01. The number of halogens is 1. The van der Waals surface area contributed by atoms with Crippen LogP contribution in [-0.4, -0.2) is 0 Å². The molecule has 0 aliphatic heterocycles. The lowest BCUT2D eigenvalue weighted by atomic mass is 10.1. The second-order valence-electron chi connectivity index (χ2n) is 4.01. The second-order valence-corrected chi connectivity index (χ2v) is 4.93. The maximum Gasteiger partial charge on any atom is 0.123 e. The molecule has 0 amide bonds. The van der Waals surface area contributed by atoms with Gasteiger partial charge in [0.25, 0.3) is 0 Å². The summed E-state index contributed by atoms with van der Waals surface area (Å²) in [6.45, 7) is 2.47. The van der Waals surface area contributed by atoms with Crippen molar-refractivity contribution in [2.45, 2.75) is 13.5 Å². The van der Waals surface area contributed by atoms with E-state index in [4.69, 9.17) is 10.00 Å². The van der Waals surface area contributed by atoms with Crippen LogP contribution in [-0.2, 0) is 6.61 Å². The first-order valence-electron chi connectivity index (χ1n) is 5.57. The summed E-state index contributed by atoms with van der Waals surface area (Å²) in [5, 5.41) is 8.83. The van der Waals surface area contributed by atoms with Crippen molar-refractivity contribution in [3.8, 4) is 11.8 Å². The van der Waals surface area contributed by atoms with E-state index in [0.29, 0.717) is 12.2 Å². The van der Waals surface area contributed by atoms with Gasteiger partial charge in [0.15, 0.2) is 0 Å². The fourth-order valence-corrected chi connectivity index (χ4v) is 1.96. The molecule has 18 heavy (non-hydrogen) atoms. The molecule has 0 spiro atoms. The van der Waals surface area contributed by atoms with Crippen molar-refractivity contribution in [2.75, 3.05) is 0 Å². The van der Waals surface area contributed by atoms with Crippen LogP contribution >= 0.6 is 15.9 Å². The zero-order valence-electron chi connectivity index (χ0n) is 9.98. The summed E-state index contributed by atoms with van der Waals surface area (Å²) < 4.78 is 6.76. The van der Waals surface area contributed by atoms with Gasteiger partial charge in [-0.1, -0.05) is 34.1 Å². The summed E-state index contributed by atoms with van der Waals surface area (Å²) in [7, 11) is 0. The molecule has 2 nitrogen and oxygen atoms in total. The Morgan fingerprint density at radius 2 is 2.06 bits per heavy atom. The number of aryl methyl sites for hydroxylation is 1. The highest BCUT2D eigenvalue weighted by atomic mass is 79.9. The van der Waals surface area contributed by atoms with E-state index in [9.17, 15) is 0 Å². The summed E-state index contributed by atoms with van der Waals surface area (Å²) in [5.74, 6) is 0.853. The minimum atomic E-state index is 0.465. The van der Waals surface area contributed by atoms with Gasteiger partial charge in [-0.3, -0.25) is 0 Å². The van der Waals surface area contributed by atoms with E-state index < -0.39 is 0 Å². The number of nitrogens with zero attached hydrogens (tertiary/aromatic N) is 1. The summed E-state index contributed by atoms with van der Waals surface area (Å²) in [4.78, 5) is 0. The van der Waals surface area contributed by atoms with Crippen molar-refractivity contribution in [3.63, 3.8) is 0 Å². The molecule has 0 bridgehead atoms. The molecule has 0 aliphatic rings. The van der Waals surface area contributed by atoms with Crippen LogP contribution in [0, 0.1) is 18.3 Å². The summed E-state index contributed by atoms with van der Waals surface area (Å²) >= 11 is 3.42. The number of nitriles is 1. The van der Waals surface area contributed by atoms with Gasteiger partial charge in [-0.05, 0) is 42.3 Å². The fourth-order valence-electron chi connectivity index (χ4n) is 1.62. The van der Waals surface area contributed by atoms with E-state index in [-0.39, 0.29) is 0 Å². The Balaban J connectivity index is 2.11. The highest BCUT2D eigenvalue weighted by Crippen LogP contribution is 2.23. The van der Waals surface area contributed by atoms with Gasteiger partial charge in [-0.25, -0.2) is 0 Å². The molecule has 0 aromatic heterocycles. The van der Waals surface area contributed by atoms with Crippen LogP contribution in [0.2, 0.25) is 0 Å². The number of rotatable bonds is 3. The molecule has 3 heteroatoms. The lowest BCUT2D eigenvalue weighted by molar-refractivity contribution is 0.304. The van der Waals surface area contributed by atoms with Crippen molar-refractivity contribution in [1.82, 2.24) is 0 Å². The van der Waals surface area contributed by atoms with Crippen LogP contribution < -0.4 is 4.74 Å². The quantitative estimate of drug-likeness (QED) is 0.851. The van der Waals surface area contributed by atoms with E-state index in [2.05, 4.69) is 22.0 Å². The van der Waals surface area contributed by atoms with Crippen molar-refractivity contribution in [3.05, 3.63) is 63.6 Å². The Morgan fingerprint density at radius 1 is 1.22 bits per heavy atom. The minimum absolute atomic E-state index is 0.465. The third-order valence-electron chi connectivity index (χ3n) is 2.60. The average molecular weight is 302 g/mol. The predicted octanol–water partition coefficient (Wildman–Crippen LogP) is 4.21. The Bertz CT molecular complexity index is 602. The molecule has 2 aromatic carbocycles. The number of ether oxygens (including phenoxy) is 1. The van der Waals surface area contributed by atoms with Gasteiger partial charge in [0.05, 0.1) is 11.6 Å². The summed E-state index contributed by atoms with van der Waals surface area (Å²) in [6, 6.07) is 15.5. The first-order valence-corrected chi connectivity index (χ1v) is 6.36. The topological polar surface area (TPSA) is 33.0 Å². The summed E-state index contributed by atoms with van der Waals surface area (Å²) in [6.07, 6.45) is 0. The molecule has 0 heterocycles. The predicted molar refractivity (Wildman–Crippen MR) is 74.4 cm³/mol. The minimum Gasteiger partial charge on any atom is -0.489 e. The largest absolute Gasteiger partial charge is 0.489 e. The SMILES string of the molecule is Cc1ccc(Br)cc1OCc1cccc(C#N)c1. The molecular formula is C15H12BrNO. The van der Waals surface area contributed by atoms with Gasteiger partial charge in [0.1, 0.15) is 12.4 Å². The molecule has 0 saturated heterocycles. The van der Waals surface area contributed by atoms with E-state index in [1.54, 1.807) is 6.07 Å². The Hall–Kier alpha value is -1.79. The molecule has 0 radical (unpaired) electrons. The monoisotopic (exact) mass is 301 g/mol. The fraction of sp³-hybridized carbons (Fsp3) is 0.133. The smallest absolute Gasteiger partial charge is 0.123 e. The van der Waals surface area contributed by atoms with Gasteiger partial charge < -0.3 is 4.74 Å². The van der Waals surface area contributed by atoms with E-state index in [1.165, 1.54) is 0 Å². The maximum atomic E-state index is 8.83. The van der Waals surface area contributed by atoms with Crippen LogP contribution in [0.3, 0.4) is 0 Å². The van der Waals surface area contributed by atoms with Gasteiger partial charge >= 0.3 is 0 Å². The first-order chi connectivity index (χ1) is 8.69. The maximum absolute atomic E-state index is 8.83. The van der Waals surface area contributed by atoms with Gasteiger partial charge in [-0.15, -0.1) is 0 Å². The molecule has 0 saturated carbocycles. The summed E-state index contributed by atoms with van der Waals surface area (Å²) in [5.41, 5.74) is 2.74. The lowest BCUT2D eigenvalue weighted by Crippen LogP contribution is -1.97. The third kappa shape index (κ3) is 3.12. The first kappa shape index (κ1) is 12.7. The molecule has 0 aliphatic carbocycles. The number of benzene rings is 2. The molecule has 2 rings (SSSR count). The molecule has 0 N–H and O–H groups in total. The van der Waals surface area contributed by atoms with Crippen LogP contribution in [0.15, 0.2) is 46.9 Å². The Labute approximate surface area is 115 Å². The molecule has 2 aromatic rings. The zero-order chi connectivity index (χ0) is 13.0. The van der Waals surface area contributed by atoms with Gasteiger partial charge in [-0.2, -0.15) is 5.26 Å². The van der Waals surface area contributed by atoms with E-state index >= 15 is 0 Å². The van der Waals surface area contributed by atoms with Crippen LogP contribution in [0.5, 0.6) is 5.75 Å². The standard InChI is InChI=1S/C15H12BrNO/c1-11-5-6-14(16)8-15(11)18-10-13-4-2-3-12(7-13)9-17/h2-8H,10H2,1H3. The van der Waals surface area contributed by atoms with Crippen molar-refractivity contribution < 1.29 is 4.74 Å². The van der Waals surface area contributed by atoms with Crippen LogP contribution in [0.25, 0.3) is 0 Å². The molecule has 0 fully saturated rings. The van der Waals surface area contributed by atoms with Crippen molar-refractivity contribution in [2.24, 2.45) is 0 Å². The number of hydrogen-bond donors (Lipinski definition) is 0.